The minimum absolute atomic E-state index is 0.0336. The maximum atomic E-state index is 6.19. The lowest BCUT2D eigenvalue weighted by atomic mass is 9.70. The molecule has 4 heteroatoms. The molecule has 1 fully saturated rings. The zero-order valence-electron chi connectivity index (χ0n) is 11.8. The molecule has 1 aromatic heterocycles. The third-order valence-corrected chi connectivity index (χ3v) is 4.96. The van der Waals surface area contributed by atoms with Crippen LogP contribution in [0.15, 0.2) is 28.7 Å². The highest BCUT2D eigenvalue weighted by atomic mass is 35.5. The number of benzene rings is 1. The largest absolute Gasteiger partial charge is 0.458 e. The first-order valence-corrected chi connectivity index (χ1v) is 7.66. The summed E-state index contributed by atoms with van der Waals surface area (Å²) in [5, 5.41) is 1.69. The van der Waals surface area contributed by atoms with Crippen LogP contribution in [0, 0.1) is 5.41 Å². The summed E-state index contributed by atoms with van der Waals surface area (Å²) < 4.78 is 6.00. The summed E-state index contributed by atoms with van der Waals surface area (Å²) in [6.45, 7) is 2.30. The molecule has 3 rings (SSSR count). The van der Waals surface area contributed by atoms with E-state index in [-0.39, 0.29) is 11.5 Å². The number of hydrogen-bond donors (Lipinski definition) is 2. The van der Waals surface area contributed by atoms with Crippen LogP contribution >= 0.6 is 11.6 Å². The van der Waals surface area contributed by atoms with E-state index in [1.165, 1.54) is 32.1 Å². The molecule has 1 unspecified atom stereocenters. The number of hydrogen-bond acceptors (Lipinski definition) is 3. The van der Waals surface area contributed by atoms with E-state index in [4.69, 9.17) is 21.9 Å². The van der Waals surface area contributed by atoms with Gasteiger partial charge in [0.1, 0.15) is 5.76 Å². The molecule has 3 nitrogen and oxygen atoms in total. The zero-order valence-corrected chi connectivity index (χ0v) is 12.5. The van der Waals surface area contributed by atoms with Crippen LogP contribution < -0.4 is 11.3 Å². The minimum Gasteiger partial charge on any atom is -0.458 e. The number of nitrogens with one attached hydrogen (secondary N) is 1. The second-order valence-corrected chi connectivity index (χ2v) is 6.53. The zero-order chi connectivity index (χ0) is 14.2. The summed E-state index contributed by atoms with van der Waals surface area (Å²) in [5.74, 6) is 6.73. The van der Waals surface area contributed by atoms with Gasteiger partial charge in [-0.15, -0.1) is 0 Å². The molecular weight excluding hydrogens is 272 g/mol. The van der Waals surface area contributed by atoms with Crippen molar-refractivity contribution in [2.75, 3.05) is 0 Å². The number of hydrazine groups is 1. The molecule has 0 spiro atoms. The molecule has 0 aliphatic heterocycles. The van der Waals surface area contributed by atoms with E-state index in [1.54, 1.807) is 0 Å². The predicted octanol–water partition coefficient (Wildman–Crippen LogP) is 4.56. The number of furan rings is 1. The molecule has 1 saturated carbocycles. The molecule has 2 aromatic rings. The van der Waals surface area contributed by atoms with E-state index in [0.717, 1.165) is 16.7 Å². The van der Waals surface area contributed by atoms with Gasteiger partial charge >= 0.3 is 0 Å². The van der Waals surface area contributed by atoms with E-state index in [2.05, 4.69) is 18.4 Å². The van der Waals surface area contributed by atoms with Crippen molar-refractivity contribution in [3.63, 3.8) is 0 Å². The Labute approximate surface area is 124 Å². The summed E-state index contributed by atoms with van der Waals surface area (Å²) in [4.78, 5) is 0. The normalized spacial score (nSPS) is 20.1. The van der Waals surface area contributed by atoms with Crippen molar-refractivity contribution >= 4 is 22.6 Å². The summed E-state index contributed by atoms with van der Waals surface area (Å²) in [6, 6.07) is 7.91. The van der Waals surface area contributed by atoms with Gasteiger partial charge in [0.05, 0.1) is 11.1 Å². The highest BCUT2D eigenvalue weighted by molar-refractivity contribution is 6.34. The Balaban J connectivity index is 2.00. The summed E-state index contributed by atoms with van der Waals surface area (Å²) >= 11 is 6.19. The van der Waals surface area contributed by atoms with Crippen molar-refractivity contribution in [1.29, 1.82) is 0 Å². The number of halogens is 1. The van der Waals surface area contributed by atoms with Gasteiger partial charge in [-0.05, 0) is 30.4 Å². The Bertz CT molecular complexity index is 602. The van der Waals surface area contributed by atoms with Crippen LogP contribution in [-0.4, -0.2) is 0 Å². The number of para-hydroxylation sites is 1. The summed E-state index contributed by atoms with van der Waals surface area (Å²) in [6.07, 6.45) is 6.18. The second kappa shape index (κ2) is 5.40. The van der Waals surface area contributed by atoms with Gasteiger partial charge < -0.3 is 4.42 Å². The van der Waals surface area contributed by atoms with Gasteiger partial charge in [-0.2, -0.15) is 0 Å². The highest BCUT2D eigenvalue weighted by Gasteiger charge is 2.37. The molecule has 3 N–H and O–H groups in total. The lowest BCUT2D eigenvalue weighted by molar-refractivity contribution is 0.130. The van der Waals surface area contributed by atoms with E-state index >= 15 is 0 Å². The first kappa shape index (κ1) is 13.9. The average Bonchev–Trinajstić information content (AvgIpc) is 2.85. The van der Waals surface area contributed by atoms with Crippen LogP contribution in [-0.2, 0) is 0 Å². The smallest absolute Gasteiger partial charge is 0.152 e. The Kier molecular flexibility index (Phi) is 3.76. The quantitative estimate of drug-likeness (QED) is 0.644. The average molecular weight is 293 g/mol. The molecular formula is C16H21ClN2O. The molecule has 1 aliphatic rings. The molecule has 0 saturated heterocycles. The van der Waals surface area contributed by atoms with Gasteiger partial charge in [0.25, 0.3) is 0 Å². The van der Waals surface area contributed by atoms with Gasteiger partial charge in [0, 0.05) is 5.39 Å². The monoisotopic (exact) mass is 292 g/mol. The van der Waals surface area contributed by atoms with Crippen molar-refractivity contribution in [2.24, 2.45) is 11.3 Å². The summed E-state index contributed by atoms with van der Waals surface area (Å²) in [7, 11) is 0. The molecule has 0 amide bonds. The molecule has 0 radical (unpaired) electrons. The van der Waals surface area contributed by atoms with Crippen molar-refractivity contribution < 1.29 is 4.42 Å². The van der Waals surface area contributed by atoms with Gasteiger partial charge in [0.15, 0.2) is 5.58 Å². The van der Waals surface area contributed by atoms with Crippen LogP contribution in [0.25, 0.3) is 11.0 Å². The maximum Gasteiger partial charge on any atom is 0.152 e. The molecule has 1 heterocycles. The Morgan fingerprint density at radius 2 is 2.05 bits per heavy atom. The lowest BCUT2D eigenvalue weighted by Crippen LogP contribution is -2.40. The van der Waals surface area contributed by atoms with Gasteiger partial charge in [-0.1, -0.05) is 49.9 Å². The van der Waals surface area contributed by atoms with Crippen LogP contribution in [0.3, 0.4) is 0 Å². The van der Waals surface area contributed by atoms with Crippen molar-refractivity contribution in [2.45, 2.75) is 45.1 Å². The topological polar surface area (TPSA) is 51.2 Å². The summed E-state index contributed by atoms with van der Waals surface area (Å²) in [5.41, 5.74) is 3.87. The second-order valence-electron chi connectivity index (χ2n) is 6.12. The first-order valence-electron chi connectivity index (χ1n) is 7.28. The van der Waals surface area contributed by atoms with Crippen LogP contribution in [0.1, 0.15) is 50.8 Å². The van der Waals surface area contributed by atoms with E-state index in [1.807, 2.05) is 18.2 Å². The molecule has 1 atom stereocenters. The fraction of sp³-hybridized carbons (Fsp3) is 0.500. The third kappa shape index (κ3) is 2.34. The van der Waals surface area contributed by atoms with Crippen LogP contribution in [0.4, 0.5) is 0 Å². The fourth-order valence-electron chi connectivity index (χ4n) is 3.46. The number of fused-ring (bicyclic) bond motifs is 1. The lowest BCUT2D eigenvalue weighted by Gasteiger charge is -2.39. The van der Waals surface area contributed by atoms with E-state index < -0.39 is 0 Å². The molecule has 20 heavy (non-hydrogen) atoms. The SMILES string of the molecule is CC1(C(NN)c2cc3cccc(Cl)c3o2)CCCCC1. The molecule has 1 aromatic carbocycles. The highest BCUT2D eigenvalue weighted by Crippen LogP contribution is 2.46. The molecule has 0 bridgehead atoms. The van der Waals surface area contributed by atoms with Gasteiger partial charge in [-0.3, -0.25) is 5.84 Å². The third-order valence-electron chi connectivity index (χ3n) is 4.66. The number of nitrogens with two attached hydrogens (primary N) is 1. The molecule has 1 aliphatic carbocycles. The van der Waals surface area contributed by atoms with Gasteiger partial charge in [-0.25, -0.2) is 5.43 Å². The molecule has 108 valence electrons. The van der Waals surface area contributed by atoms with Crippen molar-refractivity contribution in [1.82, 2.24) is 5.43 Å². The van der Waals surface area contributed by atoms with Crippen LogP contribution in [0.2, 0.25) is 5.02 Å². The maximum absolute atomic E-state index is 6.19. The fourth-order valence-corrected chi connectivity index (χ4v) is 3.69. The van der Waals surface area contributed by atoms with Crippen molar-refractivity contribution in [3.05, 3.63) is 35.0 Å². The first-order chi connectivity index (χ1) is 9.64. The predicted molar refractivity (Wildman–Crippen MR) is 82.5 cm³/mol. The Morgan fingerprint density at radius 1 is 1.30 bits per heavy atom. The minimum atomic E-state index is 0.0336. The number of rotatable bonds is 3. The van der Waals surface area contributed by atoms with Gasteiger partial charge in [0.2, 0.25) is 0 Å². The Morgan fingerprint density at radius 3 is 2.70 bits per heavy atom. The van der Waals surface area contributed by atoms with E-state index in [9.17, 15) is 0 Å². The Hall–Kier alpha value is -1.03. The standard InChI is InChI=1S/C16H21ClN2O/c1-16(8-3-2-4-9-16)15(19-18)13-10-11-6-5-7-12(17)14(11)20-13/h5-7,10,15,19H,2-4,8-9,18H2,1H3. The van der Waals surface area contributed by atoms with E-state index in [0.29, 0.717) is 5.02 Å². The van der Waals surface area contributed by atoms with Crippen LogP contribution in [0.5, 0.6) is 0 Å². The van der Waals surface area contributed by atoms with Crippen molar-refractivity contribution in [3.8, 4) is 0 Å².